The summed E-state index contributed by atoms with van der Waals surface area (Å²) < 4.78 is 0. The highest BCUT2D eigenvalue weighted by Gasteiger charge is 2.13. The van der Waals surface area contributed by atoms with Crippen LogP contribution in [0.3, 0.4) is 0 Å². The summed E-state index contributed by atoms with van der Waals surface area (Å²) in [6.07, 6.45) is 1.42. The predicted octanol–water partition coefficient (Wildman–Crippen LogP) is -0.139. The number of aliphatic hydroxyl groups excluding tert-OH is 1. The molecule has 100 valence electrons. The smallest absolute Gasteiger partial charge is 0.234 e. The van der Waals surface area contributed by atoms with Gasteiger partial charge in [-0.3, -0.25) is 4.79 Å². The number of hydrogen-bond donors (Lipinski definition) is 4. The Balaban J connectivity index is 2.47. The van der Waals surface area contributed by atoms with E-state index in [1.54, 1.807) is 0 Å². The largest absolute Gasteiger partial charge is 0.392 e. The maximum Gasteiger partial charge on any atom is 0.234 e. The van der Waals surface area contributed by atoms with Gasteiger partial charge in [-0.05, 0) is 30.5 Å². The van der Waals surface area contributed by atoms with Crippen molar-refractivity contribution in [2.75, 3.05) is 6.54 Å². The average molecular weight is 251 g/mol. The normalized spacial score (nSPS) is 12.3. The lowest BCUT2D eigenvalue weighted by molar-refractivity contribution is -0.120. The first-order chi connectivity index (χ1) is 8.67. The first-order valence-corrected chi connectivity index (χ1v) is 6.08. The van der Waals surface area contributed by atoms with Gasteiger partial charge in [0, 0.05) is 6.54 Å². The summed E-state index contributed by atoms with van der Waals surface area (Å²) in [4.78, 5) is 11.2. The van der Waals surface area contributed by atoms with Gasteiger partial charge < -0.3 is 21.9 Å². The number of nitrogens with one attached hydrogen (secondary N) is 1. The third-order valence-electron chi connectivity index (χ3n) is 2.80. The van der Waals surface area contributed by atoms with Crippen LogP contribution in [-0.2, 0) is 17.9 Å². The van der Waals surface area contributed by atoms with Gasteiger partial charge in [0.2, 0.25) is 5.91 Å². The summed E-state index contributed by atoms with van der Waals surface area (Å²) in [5.74, 6) is -0.351. The summed E-state index contributed by atoms with van der Waals surface area (Å²) in [5, 5.41) is 12.0. The average Bonchev–Trinajstić information content (AvgIpc) is 2.39. The molecule has 0 aliphatic carbocycles. The van der Waals surface area contributed by atoms with Crippen LogP contribution in [0, 0.1) is 0 Å². The molecule has 0 spiro atoms. The van der Waals surface area contributed by atoms with E-state index in [9.17, 15) is 4.79 Å². The van der Waals surface area contributed by atoms with Crippen LogP contribution in [0.2, 0.25) is 0 Å². The van der Waals surface area contributed by atoms with Gasteiger partial charge in [-0.25, -0.2) is 0 Å². The molecule has 1 aromatic carbocycles. The third-order valence-corrected chi connectivity index (χ3v) is 2.80. The molecule has 0 radical (unpaired) electrons. The zero-order valence-electron chi connectivity index (χ0n) is 10.4. The Morgan fingerprint density at radius 3 is 2.39 bits per heavy atom. The van der Waals surface area contributed by atoms with Gasteiger partial charge in [0.05, 0.1) is 12.6 Å². The molecule has 0 unspecified atom stereocenters. The van der Waals surface area contributed by atoms with Crippen molar-refractivity contribution < 1.29 is 9.90 Å². The van der Waals surface area contributed by atoms with Crippen molar-refractivity contribution in [1.29, 1.82) is 0 Å². The molecule has 18 heavy (non-hydrogen) atoms. The van der Waals surface area contributed by atoms with Gasteiger partial charge in [-0.1, -0.05) is 24.3 Å². The van der Waals surface area contributed by atoms with Crippen LogP contribution in [-0.4, -0.2) is 23.6 Å². The lowest BCUT2D eigenvalue weighted by Crippen LogP contribution is -2.41. The summed E-state index contributed by atoms with van der Waals surface area (Å²) >= 11 is 0. The highest BCUT2D eigenvalue weighted by Crippen LogP contribution is 2.05. The van der Waals surface area contributed by atoms with Crippen LogP contribution in [0.4, 0.5) is 0 Å². The molecule has 1 atom stereocenters. The fraction of sp³-hybridized carbons (Fsp3) is 0.462. The molecular weight excluding hydrogens is 230 g/mol. The van der Waals surface area contributed by atoms with E-state index in [1.807, 2.05) is 24.3 Å². The zero-order chi connectivity index (χ0) is 13.4. The Hall–Kier alpha value is -1.43. The van der Waals surface area contributed by atoms with E-state index in [-0.39, 0.29) is 18.6 Å². The summed E-state index contributed by atoms with van der Waals surface area (Å²) in [5.41, 5.74) is 12.6. The molecule has 0 aromatic heterocycles. The van der Waals surface area contributed by atoms with Crippen LogP contribution in [0.25, 0.3) is 0 Å². The lowest BCUT2D eigenvalue weighted by Gasteiger charge is -2.15. The number of benzene rings is 1. The Bertz CT molecular complexity index is 365. The molecule has 5 nitrogen and oxygen atoms in total. The van der Waals surface area contributed by atoms with Gasteiger partial charge in [0.1, 0.15) is 0 Å². The molecule has 1 rings (SSSR count). The third kappa shape index (κ3) is 4.83. The molecule has 0 bridgehead atoms. The Kier molecular flexibility index (Phi) is 6.35. The number of rotatable bonds is 8. The molecule has 0 saturated heterocycles. The van der Waals surface area contributed by atoms with E-state index >= 15 is 0 Å². The van der Waals surface area contributed by atoms with Crippen molar-refractivity contribution in [3.05, 3.63) is 35.4 Å². The van der Waals surface area contributed by atoms with E-state index in [4.69, 9.17) is 16.6 Å². The van der Waals surface area contributed by atoms with Crippen LogP contribution >= 0.6 is 0 Å². The quantitative estimate of drug-likeness (QED) is 0.516. The number of aliphatic hydroxyl groups is 1. The number of nitrogens with two attached hydrogens (primary N) is 2. The van der Waals surface area contributed by atoms with Crippen molar-refractivity contribution in [3.63, 3.8) is 0 Å². The van der Waals surface area contributed by atoms with Gasteiger partial charge >= 0.3 is 0 Å². The van der Waals surface area contributed by atoms with E-state index in [1.165, 1.54) is 0 Å². The fourth-order valence-corrected chi connectivity index (χ4v) is 1.67. The molecule has 0 saturated carbocycles. The van der Waals surface area contributed by atoms with Crippen LogP contribution < -0.4 is 16.8 Å². The van der Waals surface area contributed by atoms with Crippen LogP contribution in [0.15, 0.2) is 24.3 Å². The van der Waals surface area contributed by atoms with Crippen molar-refractivity contribution >= 4 is 5.91 Å². The van der Waals surface area contributed by atoms with Crippen LogP contribution in [0.5, 0.6) is 0 Å². The number of hydrogen-bond acceptors (Lipinski definition) is 4. The first-order valence-electron chi connectivity index (χ1n) is 6.08. The molecule has 0 fully saturated rings. The highest BCUT2D eigenvalue weighted by molar-refractivity contribution is 5.79. The number of carbonyl (C=O) groups excluding carboxylic acids is 1. The molecular formula is C13H21N3O2. The highest BCUT2D eigenvalue weighted by atomic mass is 16.3. The van der Waals surface area contributed by atoms with E-state index in [2.05, 4.69) is 5.32 Å². The monoisotopic (exact) mass is 251 g/mol. The maximum atomic E-state index is 11.2. The minimum atomic E-state index is -0.351. The zero-order valence-corrected chi connectivity index (χ0v) is 10.4. The second-order valence-electron chi connectivity index (χ2n) is 4.24. The topological polar surface area (TPSA) is 101 Å². The minimum absolute atomic E-state index is 0.0358. The number of primary amides is 1. The van der Waals surface area contributed by atoms with Crippen molar-refractivity contribution in [2.24, 2.45) is 11.5 Å². The van der Waals surface area contributed by atoms with Gasteiger partial charge in [-0.2, -0.15) is 0 Å². The molecule has 0 aliphatic rings. The standard InChI is InChI=1S/C13H21N3O2/c14-7-1-2-12(13(15)18)16-8-10-3-5-11(9-17)6-4-10/h3-6,12,16-17H,1-2,7-9,14H2,(H2,15,18)/t12-/m0/s1. The fourth-order valence-electron chi connectivity index (χ4n) is 1.67. The molecule has 1 amide bonds. The molecule has 0 aliphatic heterocycles. The number of carbonyl (C=O) groups is 1. The summed E-state index contributed by atoms with van der Waals surface area (Å²) in [6.45, 7) is 1.16. The number of amides is 1. The lowest BCUT2D eigenvalue weighted by atomic mass is 10.1. The van der Waals surface area contributed by atoms with Crippen LogP contribution in [0.1, 0.15) is 24.0 Å². The Morgan fingerprint density at radius 1 is 1.28 bits per heavy atom. The summed E-state index contributed by atoms with van der Waals surface area (Å²) in [7, 11) is 0. The second-order valence-corrected chi connectivity index (χ2v) is 4.24. The molecule has 6 N–H and O–H groups in total. The molecule has 5 heteroatoms. The SMILES string of the molecule is NCCC[C@H](NCc1ccc(CO)cc1)C(N)=O. The van der Waals surface area contributed by atoms with E-state index in [0.29, 0.717) is 19.5 Å². The van der Waals surface area contributed by atoms with E-state index in [0.717, 1.165) is 17.5 Å². The Labute approximate surface area is 107 Å². The minimum Gasteiger partial charge on any atom is -0.392 e. The van der Waals surface area contributed by atoms with E-state index < -0.39 is 0 Å². The Morgan fingerprint density at radius 2 is 1.89 bits per heavy atom. The van der Waals surface area contributed by atoms with Crippen molar-refractivity contribution in [2.45, 2.75) is 32.0 Å². The second kappa shape index (κ2) is 7.81. The predicted molar refractivity (Wildman–Crippen MR) is 70.5 cm³/mol. The van der Waals surface area contributed by atoms with Gasteiger partial charge in [0.25, 0.3) is 0 Å². The maximum absolute atomic E-state index is 11.2. The summed E-state index contributed by atoms with van der Waals surface area (Å²) in [6, 6.07) is 7.21. The molecule has 1 aromatic rings. The van der Waals surface area contributed by atoms with Crippen molar-refractivity contribution in [1.82, 2.24) is 5.32 Å². The van der Waals surface area contributed by atoms with Gasteiger partial charge in [0.15, 0.2) is 0 Å². The van der Waals surface area contributed by atoms with Gasteiger partial charge in [-0.15, -0.1) is 0 Å². The van der Waals surface area contributed by atoms with Crippen molar-refractivity contribution in [3.8, 4) is 0 Å². The first kappa shape index (κ1) is 14.6. The molecule has 0 heterocycles.